The van der Waals surface area contributed by atoms with E-state index < -0.39 is 22.9 Å². The third-order valence-corrected chi connectivity index (χ3v) is 6.64. The number of carbonyl (C=O) groups excluding carboxylic acids is 1. The van der Waals surface area contributed by atoms with Gasteiger partial charge >= 0.3 is 0 Å². The largest absolute Gasteiger partial charge is 0.454 e. The molecule has 0 aliphatic carbocycles. The van der Waals surface area contributed by atoms with Gasteiger partial charge in [-0.1, -0.05) is 6.07 Å². The molecule has 7 nitrogen and oxygen atoms in total. The molecule has 11 heteroatoms. The minimum atomic E-state index is -2.17. The van der Waals surface area contributed by atoms with E-state index in [0.29, 0.717) is 46.6 Å². The van der Waals surface area contributed by atoms with Gasteiger partial charge in [0.1, 0.15) is 11.6 Å². The Morgan fingerprint density at radius 2 is 1.83 bits per heavy atom. The molecule has 0 radical (unpaired) electrons. The first-order valence-electron chi connectivity index (χ1n) is 10.6. The molecular formula is C25H20F2N2O5S2. The number of nitrogens with one attached hydrogen (secondary N) is 1. The van der Waals surface area contributed by atoms with Crippen molar-refractivity contribution in [3.05, 3.63) is 92.5 Å². The van der Waals surface area contributed by atoms with Gasteiger partial charge in [-0.25, -0.2) is 17.7 Å². The van der Waals surface area contributed by atoms with E-state index >= 15 is 0 Å². The number of aldehydes is 1. The Kier molecular flexibility index (Phi) is 7.85. The SMILES string of the molecule is Cn1cc(-c2cc(CCNS(=O)O)ccc2Oc2ccc(F)cc2F)c(-c2cscc2C=O)cc1=O. The van der Waals surface area contributed by atoms with Gasteiger partial charge in [0.05, 0.1) is 0 Å². The van der Waals surface area contributed by atoms with Crippen LogP contribution in [0, 0.1) is 11.6 Å². The minimum absolute atomic E-state index is 0.196. The van der Waals surface area contributed by atoms with Crippen molar-refractivity contribution >= 4 is 28.9 Å². The van der Waals surface area contributed by atoms with Crippen molar-refractivity contribution < 1.29 is 27.1 Å². The maximum absolute atomic E-state index is 14.4. The number of aryl methyl sites for hydroxylation is 1. The molecule has 2 N–H and O–H groups in total. The van der Waals surface area contributed by atoms with Gasteiger partial charge in [-0.3, -0.25) is 14.1 Å². The van der Waals surface area contributed by atoms with Gasteiger partial charge in [0.2, 0.25) is 11.3 Å². The normalized spacial score (nSPS) is 11.9. The van der Waals surface area contributed by atoms with Crippen molar-refractivity contribution in [3.63, 3.8) is 0 Å². The quantitative estimate of drug-likeness (QED) is 0.236. The van der Waals surface area contributed by atoms with Crippen LogP contribution in [0.15, 0.2) is 64.2 Å². The van der Waals surface area contributed by atoms with Crippen molar-refractivity contribution in [2.45, 2.75) is 6.42 Å². The number of ether oxygens (including phenoxy) is 1. The molecule has 1 unspecified atom stereocenters. The lowest BCUT2D eigenvalue weighted by Crippen LogP contribution is -2.19. The third kappa shape index (κ3) is 5.65. The van der Waals surface area contributed by atoms with Crippen LogP contribution in [-0.4, -0.2) is 26.2 Å². The first-order chi connectivity index (χ1) is 17.3. The molecule has 0 spiro atoms. The number of rotatable bonds is 9. The van der Waals surface area contributed by atoms with Crippen molar-refractivity contribution in [2.75, 3.05) is 6.54 Å². The van der Waals surface area contributed by atoms with Crippen LogP contribution in [0.1, 0.15) is 15.9 Å². The Labute approximate surface area is 211 Å². The van der Waals surface area contributed by atoms with Crippen molar-refractivity contribution in [1.29, 1.82) is 0 Å². The fraction of sp³-hybridized carbons (Fsp3) is 0.120. The molecule has 36 heavy (non-hydrogen) atoms. The van der Waals surface area contributed by atoms with Crippen LogP contribution in [0.2, 0.25) is 0 Å². The molecule has 4 rings (SSSR count). The molecular weight excluding hydrogens is 510 g/mol. The van der Waals surface area contributed by atoms with Gasteiger partial charge in [0.25, 0.3) is 5.56 Å². The van der Waals surface area contributed by atoms with Crippen molar-refractivity contribution in [2.24, 2.45) is 7.05 Å². The Bertz CT molecular complexity index is 1520. The Morgan fingerprint density at radius 3 is 2.56 bits per heavy atom. The summed E-state index contributed by atoms with van der Waals surface area (Å²) < 4.78 is 57.4. The number of aromatic nitrogens is 1. The number of halogens is 2. The summed E-state index contributed by atoms with van der Waals surface area (Å²) in [4.78, 5) is 24.2. The number of nitrogens with zero attached hydrogens (tertiary/aromatic N) is 1. The van der Waals surface area contributed by atoms with E-state index in [0.717, 1.165) is 11.6 Å². The van der Waals surface area contributed by atoms with Gasteiger partial charge in [0, 0.05) is 59.6 Å². The summed E-state index contributed by atoms with van der Waals surface area (Å²) in [7, 11) is 1.58. The molecule has 2 aromatic heterocycles. The molecule has 186 valence electrons. The highest BCUT2D eigenvalue weighted by molar-refractivity contribution is 7.77. The first-order valence-corrected chi connectivity index (χ1v) is 12.6. The second kappa shape index (κ2) is 11.0. The Hall–Kier alpha value is -3.51. The summed E-state index contributed by atoms with van der Waals surface area (Å²) >= 11 is -0.857. The average molecular weight is 531 g/mol. The maximum atomic E-state index is 14.4. The number of carbonyl (C=O) groups is 1. The van der Waals surface area contributed by atoms with E-state index in [9.17, 15) is 22.6 Å². The molecule has 2 aromatic carbocycles. The number of hydrogen-bond donors (Lipinski definition) is 2. The smallest absolute Gasteiger partial charge is 0.250 e. The second-order valence-electron chi connectivity index (χ2n) is 7.81. The summed E-state index contributed by atoms with van der Waals surface area (Å²) in [6, 6.07) is 9.45. The van der Waals surface area contributed by atoms with Crippen LogP contribution < -0.4 is 15.0 Å². The van der Waals surface area contributed by atoms with E-state index in [2.05, 4.69) is 4.72 Å². The van der Waals surface area contributed by atoms with Crippen LogP contribution in [0.25, 0.3) is 22.3 Å². The van der Waals surface area contributed by atoms with Crippen LogP contribution in [0.5, 0.6) is 11.5 Å². The molecule has 1 atom stereocenters. The fourth-order valence-corrected chi connectivity index (χ4v) is 4.75. The molecule has 4 aromatic rings. The molecule has 2 heterocycles. The molecule has 0 aliphatic heterocycles. The zero-order valence-corrected chi connectivity index (χ0v) is 20.5. The molecule has 0 amide bonds. The minimum Gasteiger partial charge on any atom is -0.454 e. The van der Waals surface area contributed by atoms with E-state index in [1.165, 1.54) is 28.0 Å². The standard InChI is InChI=1S/C25H20F2N2O5S2/c1-29-11-20(18(10-25(29)31)21-14-35-13-16(21)12-30)19-8-15(6-7-28-36(32)33)2-4-23(19)34-24-5-3-17(26)9-22(24)27/h2-5,8-14,28H,6-7H2,1H3,(H,32,33). The lowest BCUT2D eigenvalue weighted by Gasteiger charge is -2.17. The summed E-state index contributed by atoms with van der Waals surface area (Å²) in [5.74, 6) is -1.60. The summed E-state index contributed by atoms with van der Waals surface area (Å²) in [5, 5.41) is 3.43. The molecule has 0 fully saturated rings. The molecule has 0 aliphatic rings. The van der Waals surface area contributed by atoms with Gasteiger partial charge in [-0.05, 0) is 47.2 Å². The van der Waals surface area contributed by atoms with Crippen molar-refractivity contribution in [3.8, 4) is 33.8 Å². The fourth-order valence-electron chi connectivity index (χ4n) is 3.68. The summed E-state index contributed by atoms with van der Waals surface area (Å²) in [5.41, 5.74) is 2.94. The average Bonchev–Trinajstić information content (AvgIpc) is 3.31. The summed E-state index contributed by atoms with van der Waals surface area (Å²) in [6.45, 7) is 0.204. The van der Waals surface area contributed by atoms with Crippen molar-refractivity contribution in [1.82, 2.24) is 9.29 Å². The highest BCUT2D eigenvalue weighted by atomic mass is 32.2. The zero-order chi connectivity index (χ0) is 25.8. The van der Waals surface area contributed by atoms with Gasteiger partial charge < -0.3 is 9.30 Å². The van der Waals surface area contributed by atoms with Gasteiger partial charge in [-0.15, -0.1) is 0 Å². The van der Waals surface area contributed by atoms with E-state index in [-0.39, 0.29) is 23.6 Å². The maximum Gasteiger partial charge on any atom is 0.250 e. The van der Waals surface area contributed by atoms with Gasteiger partial charge in [0.15, 0.2) is 17.9 Å². The number of pyridine rings is 1. The predicted molar refractivity (Wildman–Crippen MR) is 135 cm³/mol. The Balaban J connectivity index is 1.90. The second-order valence-corrected chi connectivity index (χ2v) is 9.34. The highest BCUT2D eigenvalue weighted by Crippen LogP contribution is 2.41. The van der Waals surface area contributed by atoms with Crippen LogP contribution in [0.4, 0.5) is 8.78 Å². The van der Waals surface area contributed by atoms with Gasteiger partial charge in [-0.2, -0.15) is 11.3 Å². The van der Waals surface area contributed by atoms with Crippen LogP contribution >= 0.6 is 11.3 Å². The van der Waals surface area contributed by atoms with Crippen LogP contribution in [0.3, 0.4) is 0 Å². The summed E-state index contributed by atoms with van der Waals surface area (Å²) in [6.07, 6.45) is 2.68. The monoisotopic (exact) mass is 530 g/mol. The lowest BCUT2D eigenvalue weighted by molar-refractivity contribution is 0.112. The zero-order valence-electron chi connectivity index (χ0n) is 18.9. The number of benzene rings is 2. The molecule has 0 bridgehead atoms. The van der Waals surface area contributed by atoms with Crippen LogP contribution in [-0.2, 0) is 24.7 Å². The highest BCUT2D eigenvalue weighted by Gasteiger charge is 2.19. The topological polar surface area (TPSA) is 97.6 Å². The van der Waals surface area contributed by atoms with E-state index in [4.69, 9.17) is 9.29 Å². The van der Waals surface area contributed by atoms with E-state index in [1.54, 1.807) is 42.2 Å². The number of hydrogen-bond acceptors (Lipinski definition) is 5. The Morgan fingerprint density at radius 1 is 1.06 bits per heavy atom. The van der Waals surface area contributed by atoms with E-state index in [1.807, 2.05) is 0 Å². The predicted octanol–water partition coefficient (Wildman–Crippen LogP) is 4.93. The molecule has 0 saturated carbocycles. The third-order valence-electron chi connectivity index (χ3n) is 5.42. The first kappa shape index (κ1) is 25.6. The lowest BCUT2D eigenvalue weighted by atomic mass is 9.94. The molecule has 0 saturated heterocycles. The number of thiophene rings is 1.